The van der Waals surface area contributed by atoms with Crippen molar-refractivity contribution in [1.29, 1.82) is 0 Å². The maximum Gasteiger partial charge on any atom is 0.231 e. The van der Waals surface area contributed by atoms with E-state index in [0.717, 1.165) is 31.1 Å². The van der Waals surface area contributed by atoms with Crippen LogP contribution in [-0.4, -0.2) is 25.5 Å². The molecular weight excluding hydrogens is 254 g/mol. The van der Waals surface area contributed by atoms with E-state index in [2.05, 4.69) is 38.2 Å². The molecule has 0 radical (unpaired) electrons. The summed E-state index contributed by atoms with van der Waals surface area (Å²) >= 11 is 0. The van der Waals surface area contributed by atoms with Crippen LogP contribution in [0, 0.1) is 5.41 Å². The van der Waals surface area contributed by atoms with E-state index >= 15 is 0 Å². The van der Waals surface area contributed by atoms with Crippen LogP contribution in [0.25, 0.3) is 0 Å². The number of hydrogen-bond acceptors (Lipinski definition) is 4. The predicted molar refractivity (Wildman–Crippen MR) is 77.0 cm³/mol. The number of fused-ring (bicyclic) bond motifs is 1. The lowest BCUT2D eigenvalue weighted by Crippen LogP contribution is -2.60. The zero-order valence-corrected chi connectivity index (χ0v) is 12.4. The number of nitrogens with one attached hydrogen (secondary N) is 1. The molecule has 110 valence electrons. The molecular formula is C16H23NO3. The lowest BCUT2D eigenvalue weighted by molar-refractivity contribution is -0.114. The first kappa shape index (κ1) is 13.7. The number of ether oxygens (including phenoxy) is 3. The number of rotatable bonds is 5. The first-order chi connectivity index (χ1) is 9.61. The zero-order valence-electron chi connectivity index (χ0n) is 12.4. The summed E-state index contributed by atoms with van der Waals surface area (Å²) in [5.41, 5.74) is 1.43. The molecule has 20 heavy (non-hydrogen) atoms. The molecule has 1 fully saturated rings. The molecule has 2 atom stereocenters. The highest BCUT2D eigenvalue weighted by atomic mass is 16.7. The number of hydrogen-bond donors (Lipinski definition) is 1. The molecule has 1 aromatic carbocycles. The third kappa shape index (κ3) is 2.38. The molecule has 1 heterocycles. The minimum atomic E-state index is 0.201. The van der Waals surface area contributed by atoms with Crippen LogP contribution in [0.2, 0.25) is 0 Å². The second-order valence-electron chi connectivity index (χ2n) is 6.12. The van der Waals surface area contributed by atoms with Gasteiger partial charge in [-0.2, -0.15) is 0 Å². The van der Waals surface area contributed by atoms with Gasteiger partial charge in [-0.1, -0.05) is 19.9 Å². The summed E-state index contributed by atoms with van der Waals surface area (Å²) in [5, 5.41) is 3.63. The van der Waals surface area contributed by atoms with Crippen molar-refractivity contribution in [2.75, 3.05) is 13.4 Å². The van der Waals surface area contributed by atoms with Crippen molar-refractivity contribution in [2.45, 2.75) is 45.9 Å². The molecule has 4 nitrogen and oxygen atoms in total. The van der Waals surface area contributed by atoms with E-state index in [4.69, 9.17) is 14.2 Å². The Morgan fingerprint density at radius 3 is 2.85 bits per heavy atom. The van der Waals surface area contributed by atoms with E-state index in [1.54, 1.807) is 0 Å². The molecule has 1 aromatic rings. The fourth-order valence-electron chi connectivity index (χ4n) is 3.01. The second kappa shape index (κ2) is 5.26. The van der Waals surface area contributed by atoms with Crippen LogP contribution in [0.15, 0.2) is 18.2 Å². The van der Waals surface area contributed by atoms with Crippen molar-refractivity contribution in [1.82, 2.24) is 5.32 Å². The van der Waals surface area contributed by atoms with Crippen molar-refractivity contribution in [3.63, 3.8) is 0 Å². The van der Waals surface area contributed by atoms with Crippen molar-refractivity contribution < 1.29 is 14.2 Å². The third-order valence-corrected chi connectivity index (χ3v) is 4.54. The van der Waals surface area contributed by atoms with Crippen LogP contribution >= 0.6 is 0 Å². The largest absolute Gasteiger partial charge is 0.454 e. The van der Waals surface area contributed by atoms with Crippen LogP contribution in [0.5, 0.6) is 11.5 Å². The summed E-state index contributed by atoms with van der Waals surface area (Å²) in [6.45, 7) is 8.58. The molecule has 0 amide bonds. The van der Waals surface area contributed by atoms with E-state index < -0.39 is 0 Å². The SMILES string of the molecule is CCOC1CC(NCc2ccc3c(c2)OCO3)C1(C)C. The first-order valence-electron chi connectivity index (χ1n) is 7.34. The number of benzene rings is 1. The highest BCUT2D eigenvalue weighted by Crippen LogP contribution is 2.43. The van der Waals surface area contributed by atoms with Gasteiger partial charge in [0, 0.05) is 24.6 Å². The van der Waals surface area contributed by atoms with Crippen LogP contribution in [-0.2, 0) is 11.3 Å². The predicted octanol–water partition coefficient (Wildman–Crippen LogP) is 2.71. The Hall–Kier alpha value is -1.26. The molecule has 0 spiro atoms. The average molecular weight is 277 g/mol. The first-order valence-corrected chi connectivity index (χ1v) is 7.34. The summed E-state index contributed by atoms with van der Waals surface area (Å²) in [7, 11) is 0. The molecule has 1 aliphatic heterocycles. The maximum atomic E-state index is 5.76. The van der Waals surface area contributed by atoms with Crippen LogP contribution in [0.4, 0.5) is 0 Å². The quantitative estimate of drug-likeness (QED) is 0.898. The van der Waals surface area contributed by atoms with E-state index in [0.29, 0.717) is 18.9 Å². The van der Waals surface area contributed by atoms with Crippen molar-refractivity contribution in [3.05, 3.63) is 23.8 Å². The van der Waals surface area contributed by atoms with Gasteiger partial charge in [0.1, 0.15) is 0 Å². The third-order valence-electron chi connectivity index (χ3n) is 4.54. The Labute approximate surface area is 120 Å². The van der Waals surface area contributed by atoms with Gasteiger partial charge in [-0.05, 0) is 31.0 Å². The Bertz CT molecular complexity index is 487. The zero-order chi connectivity index (χ0) is 14.2. The summed E-state index contributed by atoms with van der Waals surface area (Å²) in [4.78, 5) is 0. The fourth-order valence-corrected chi connectivity index (χ4v) is 3.01. The van der Waals surface area contributed by atoms with E-state index in [9.17, 15) is 0 Å². The standard InChI is InChI=1S/C16H23NO3/c1-4-18-15-8-14(16(15,2)3)17-9-11-5-6-12-13(7-11)20-10-19-12/h5-7,14-15,17H,4,8-10H2,1-3H3. The molecule has 1 N–H and O–H groups in total. The van der Waals surface area contributed by atoms with Gasteiger partial charge >= 0.3 is 0 Å². The van der Waals surface area contributed by atoms with E-state index in [1.165, 1.54) is 5.56 Å². The van der Waals surface area contributed by atoms with Gasteiger partial charge < -0.3 is 19.5 Å². The van der Waals surface area contributed by atoms with Crippen LogP contribution in [0.3, 0.4) is 0 Å². The van der Waals surface area contributed by atoms with Crippen molar-refractivity contribution in [3.8, 4) is 11.5 Å². The minimum Gasteiger partial charge on any atom is -0.454 e. The van der Waals surface area contributed by atoms with E-state index in [1.807, 2.05) is 6.07 Å². The van der Waals surface area contributed by atoms with Gasteiger partial charge in [0.2, 0.25) is 6.79 Å². The smallest absolute Gasteiger partial charge is 0.231 e. The minimum absolute atomic E-state index is 0.201. The Kier molecular flexibility index (Phi) is 3.61. The van der Waals surface area contributed by atoms with Gasteiger partial charge in [-0.25, -0.2) is 0 Å². The molecule has 0 saturated heterocycles. The average Bonchev–Trinajstić information content (AvgIpc) is 2.89. The highest BCUT2D eigenvalue weighted by Gasteiger charge is 2.48. The van der Waals surface area contributed by atoms with Gasteiger partial charge in [0.05, 0.1) is 6.10 Å². The summed E-state index contributed by atoms with van der Waals surface area (Å²) in [6.07, 6.45) is 1.47. The molecule has 2 aliphatic rings. The second-order valence-corrected chi connectivity index (χ2v) is 6.12. The fraction of sp³-hybridized carbons (Fsp3) is 0.625. The topological polar surface area (TPSA) is 39.7 Å². The van der Waals surface area contributed by atoms with Crippen LogP contribution < -0.4 is 14.8 Å². The summed E-state index contributed by atoms with van der Waals surface area (Å²) < 4.78 is 16.5. The summed E-state index contributed by atoms with van der Waals surface area (Å²) in [6, 6.07) is 6.63. The van der Waals surface area contributed by atoms with Gasteiger partial charge in [0.25, 0.3) is 0 Å². The van der Waals surface area contributed by atoms with Gasteiger partial charge in [-0.3, -0.25) is 0 Å². The summed E-state index contributed by atoms with van der Waals surface area (Å²) in [5.74, 6) is 1.69. The lowest BCUT2D eigenvalue weighted by Gasteiger charge is -2.52. The highest BCUT2D eigenvalue weighted by molar-refractivity contribution is 5.44. The normalized spacial score (nSPS) is 26.4. The maximum absolute atomic E-state index is 5.76. The molecule has 4 heteroatoms. The van der Waals surface area contributed by atoms with Gasteiger partial charge in [-0.15, -0.1) is 0 Å². The van der Waals surface area contributed by atoms with Crippen molar-refractivity contribution >= 4 is 0 Å². The molecule has 1 saturated carbocycles. The molecule has 3 rings (SSSR count). The van der Waals surface area contributed by atoms with E-state index in [-0.39, 0.29) is 5.41 Å². The lowest BCUT2D eigenvalue weighted by atomic mass is 9.64. The Morgan fingerprint density at radius 2 is 2.10 bits per heavy atom. The van der Waals surface area contributed by atoms with Gasteiger partial charge in [0.15, 0.2) is 11.5 Å². The molecule has 0 bridgehead atoms. The molecule has 1 aliphatic carbocycles. The van der Waals surface area contributed by atoms with Crippen LogP contribution in [0.1, 0.15) is 32.8 Å². The Balaban J connectivity index is 1.56. The monoisotopic (exact) mass is 277 g/mol. The molecule has 0 aromatic heterocycles. The molecule has 2 unspecified atom stereocenters. The van der Waals surface area contributed by atoms with Crippen molar-refractivity contribution in [2.24, 2.45) is 5.41 Å². The Morgan fingerprint density at radius 1 is 1.30 bits per heavy atom.